The molecule has 0 saturated heterocycles. The molecule has 2 bridgehead atoms. The SMILES string of the molecule is CC1(C)c2ccccc2-c2ccc(Nc3ccccc3-c3cccc(C4=CC5=C[C@@](C)(C4)c4ccccc4-c4cc6ccccc6cc4Nc4ccccc45)c3)cc21. The normalized spacial score (nSPS) is 17.0. The van der Waals surface area contributed by atoms with Gasteiger partial charge in [0.15, 0.2) is 0 Å². The first-order valence-corrected chi connectivity index (χ1v) is 20.5. The molecular formula is C56H44N2. The number of para-hydroxylation sites is 2. The van der Waals surface area contributed by atoms with E-state index in [1.54, 1.807) is 0 Å². The monoisotopic (exact) mass is 744 g/mol. The lowest BCUT2D eigenvalue weighted by atomic mass is 9.68. The van der Waals surface area contributed by atoms with Crippen molar-refractivity contribution in [2.24, 2.45) is 0 Å². The largest absolute Gasteiger partial charge is 0.355 e. The zero-order chi connectivity index (χ0) is 39.0. The van der Waals surface area contributed by atoms with Crippen LogP contribution in [0.4, 0.5) is 22.7 Å². The van der Waals surface area contributed by atoms with Gasteiger partial charge in [-0.3, -0.25) is 0 Å². The summed E-state index contributed by atoms with van der Waals surface area (Å²) < 4.78 is 0. The minimum absolute atomic E-state index is 0.0551. The van der Waals surface area contributed by atoms with Crippen molar-refractivity contribution < 1.29 is 0 Å². The molecule has 278 valence electrons. The van der Waals surface area contributed by atoms with Crippen LogP contribution in [0.3, 0.4) is 0 Å². The van der Waals surface area contributed by atoms with Crippen LogP contribution in [0.1, 0.15) is 55.0 Å². The highest BCUT2D eigenvalue weighted by atomic mass is 14.9. The lowest BCUT2D eigenvalue weighted by Gasteiger charge is -2.36. The van der Waals surface area contributed by atoms with Crippen LogP contribution in [-0.4, -0.2) is 0 Å². The first-order valence-electron chi connectivity index (χ1n) is 20.5. The van der Waals surface area contributed by atoms with Crippen molar-refractivity contribution in [1.82, 2.24) is 0 Å². The van der Waals surface area contributed by atoms with Crippen molar-refractivity contribution in [1.29, 1.82) is 0 Å². The van der Waals surface area contributed by atoms with Gasteiger partial charge >= 0.3 is 0 Å². The summed E-state index contributed by atoms with van der Waals surface area (Å²) in [5.74, 6) is 0. The highest BCUT2D eigenvalue weighted by Gasteiger charge is 2.36. The van der Waals surface area contributed by atoms with E-state index < -0.39 is 0 Å². The Morgan fingerprint density at radius 2 is 1.10 bits per heavy atom. The lowest BCUT2D eigenvalue weighted by Crippen LogP contribution is -2.24. The summed E-state index contributed by atoms with van der Waals surface area (Å²) >= 11 is 0. The second-order valence-corrected chi connectivity index (χ2v) is 17.0. The Labute approximate surface area is 341 Å². The van der Waals surface area contributed by atoms with Crippen molar-refractivity contribution in [3.8, 4) is 33.4 Å². The number of hydrogen-bond acceptors (Lipinski definition) is 2. The molecule has 0 spiro atoms. The van der Waals surface area contributed by atoms with Gasteiger partial charge in [-0.2, -0.15) is 0 Å². The van der Waals surface area contributed by atoms with Gasteiger partial charge < -0.3 is 10.6 Å². The molecule has 2 aliphatic carbocycles. The third-order valence-electron chi connectivity index (χ3n) is 12.9. The van der Waals surface area contributed by atoms with E-state index in [0.29, 0.717) is 0 Å². The van der Waals surface area contributed by atoms with Crippen molar-refractivity contribution in [3.05, 3.63) is 216 Å². The van der Waals surface area contributed by atoms with E-state index in [2.05, 4.69) is 219 Å². The van der Waals surface area contributed by atoms with Crippen LogP contribution in [0.15, 0.2) is 188 Å². The quantitative estimate of drug-likeness (QED) is 0.187. The molecule has 1 heterocycles. The highest BCUT2D eigenvalue weighted by molar-refractivity contribution is 6.00. The smallest absolute Gasteiger partial charge is 0.0470 e. The van der Waals surface area contributed by atoms with E-state index in [1.165, 1.54) is 83.1 Å². The fraction of sp³-hybridized carbons (Fsp3) is 0.107. The van der Waals surface area contributed by atoms with Crippen LogP contribution in [0.25, 0.3) is 55.3 Å². The maximum atomic E-state index is 3.92. The van der Waals surface area contributed by atoms with Crippen LogP contribution < -0.4 is 10.6 Å². The Hall–Kier alpha value is -6.90. The second-order valence-electron chi connectivity index (χ2n) is 17.0. The van der Waals surface area contributed by atoms with Crippen LogP contribution >= 0.6 is 0 Å². The van der Waals surface area contributed by atoms with Gasteiger partial charge in [0.1, 0.15) is 0 Å². The molecular weight excluding hydrogens is 701 g/mol. The predicted octanol–water partition coefficient (Wildman–Crippen LogP) is 15.1. The number of allylic oxidation sites excluding steroid dienone is 4. The van der Waals surface area contributed by atoms with E-state index in [1.807, 2.05) is 0 Å². The van der Waals surface area contributed by atoms with Gasteiger partial charge in [-0.25, -0.2) is 0 Å². The molecule has 11 rings (SSSR count). The number of anilines is 4. The number of fused-ring (bicyclic) bond motifs is 11. The minimum atomic E-state index is -0.264. The molecule has 1 atom stereocenters. The van der Waals surface area contributed by atoms with E-state index >= 15 is 0 Å². The van der Waals surface area contributed by atoms with E-state index in [-0.39, 0.29) is 10.8 Å². The number of hydrogen-bond donors (Lipinski definition) is 2. The molecule has 0 amide bonds. The second kappa shape index (κ2) is 13.1. The molecule has 0 unspecified atom stereocenters. The number of rotatable bonds is 4. The number of nitrogens with one attached hydrogen (secondary N) is 2. The molecule has 8 aromatic carbocycles. The van der Waals surface area contributed by atoms with Crippen molar-refractivity contribution >= 4 is 44.7 Å². The maximum absolute atomic E-state index is 3.92. The average molecular weight is 745 g/mol. The van der Waals surface area contributed by atoms with Crippen LogP contribution in [0.2, 0.25) is 0 Å². The summed E-state index contributed by atoms with van der Waals surface area (Å²) in [6.07, 6.45) is 5.82. The minimum Gasteiger partial charge on any atom is -0.355 e. The van der Waals surface area contributed by atoms with Gasteiger partial charge in [0, 0.05) is 50.3 Å². The summed E-state index contributed by atoms with van der Waals surface area (Å²) in [7, 11) is 0. The summed E-state index contributed by atoms with van der Waals surface area (Å²) in [6, 6.07) is 64.7. The molecule has 0 fully saturated rings. The predicted molar refractivity (Wildman–Crippen MR) is 246 cm³/mol. The van der Waals surface area contributed by atoms with E-state index in [0.717, 1.165) is 29.2 Å². The molecule has 0 saturated carbocycles. The Balaban J connectivity index is 0.998. The van der Waals surface area contributed by atoms with Gasteiger partial charge in [0.05, 0.1) is 0 Å². The van der Waals surface area contributed by atoms with Crippen LogP contribution in [-0.2, 0) is 10.8 Å². The molecule has 2 heteroatoms. The topological polar surface area (TPSA) is 24.1 Å². The molecule has 2 nitrogen and oxygen atoms in total. The van der Waals surface area contributed by atoms with Gasteiger partial charge in [0.25, 0.3) is 0 Å². The Morgan fingerprint density at radius 1 is 0.466 bits per heavy atom. The number of benzene rings is 8. The van der Waals surface area contributed by atoms with Gasteiger partial charge in [0.2, 0.25) is 0 Å². The fourth-order valence-corrected chi connectivity index (χ4v) is 10.0. The molecule has 58 heavy (non-hydrogen) atoms. The first kappa shape index (κ1) is 34.4. The van der Waals surface area contributed by atoms with Crippen molar-refractivity contribution in [2.45, 2.75) is 38.0 Å². The summed E-state index contributed by atoms with van der Waals surface area (Å²) in [5, 5.41) is 10.2. The third-order valence-corrected chi connectivity index (χ3v) is 12.9. The molecule has 1 aliphatic heterocycles. The van der Waals surface area contributed by atoms with Crippen LogP contribution in [0.5, 0.6) is 0 Å². The first-order chi connectivity index (χ1) is 28.3. The zero-order valence-electron chi connectivity index (χ0n) is 33.1. The summed E-state index contributed by atoms with van der Waals surface area (Å²) in [6.45, 7) is 7.11. The summed E-state index contributed by atoms with van der Waals surface area (Å²) in [5.41, 5.74) is 20.8. The zero-order valence-corrected chi connectivity index (χ0v) is 33.1. The fourth-order valence-electron chi connectivity index (χ4n) is 10.0. The van der Waals surface area contributed by atoms with Crippen LogP contribution in [0, 0.1) is 0 Å². The Morgan fingerprint density at radius 3 is 1.93 bits per heavy atom. The summed E-state index contributed by atoms with van der Waals surface area (Å²) in [4.78, 5) is 0. The van der Waals surface area contributed by atoms with Gasteiger partial charge in [-0.05, 0) is 115 Å². The molecule has 0 radical (unpaired) electrons. The molecule has 3 aliphatic rings. The highest BCUT2D eigenvalue weighted by Crippen LogP contribution is 2.51. The van der Waals surface area contributed by atoms with Gasteiger partial charge in [-0.15, -0.1) is 0 Å². The maximum Gasteiger partial charge on any atom is 0.0470 e. The Kier molecular flexibility index (Phi) is 7.75. The third kappa shape index (κ3) is 5.55. The standard InChI is InChI=1S/C56H44N2/c1-55(2)49-23-10-6-21-45(49)47-28-27-42(33-51(47)55)57-52-25-12-8-19-43(52)39-18-14-17-36(29-39)40-30-41-35-56(3,34-40)50-24-11-7-22-46(50)48-31-37-15-4-5-16-38(37)32-54(48)58-53-26-13-9-20-44(41)53/h4-33,35,57-58H,34H2,1-3H3/t56-/m1/s1. The molecule has 8 aromatic rings. The Bertz CT molecular complexity index is 3030. The molecule has 2 N–H and O–H groups in total. The van der Waals surface area contributed by atoms with Crippen molar-refractivity contribution in [3.63, 3.8) is 0 Å². The average Bonchev–Trinajstić information content (AvgIpc) is 3.48. The lowest BCUT2D eigenvalue weighted by molar-refractivity contribution is 0.613. The molecule has 0 aromatic heterocycles. The van der Waals surface area contributed by atoms with Crippen molar-refractivity contribution in [2.75, 3.05) is 10.6 Å². The van der Waals surface area contributed by atoms with Gasteiger partial charge in [-0.1, -0.05) is 166 Å². The van der Waals surface area contributed by atoms with E-state index in [4.69, 9.17) is 0 Å². The van der Waals surface area contributed by atoms with E-state index in [9.17, 15) is 0 Å².